The van der Waals surface area contributed by atoms with Crippen LogP contribution >= 0.6 is 15.9 Å². The first-order valence-electron chi connectivity index (χ1n) is 3.95. The van der Waals surface area contributed by atoms with Gasteiger partial charge in [-0.15, -0.1) is 0 Å². The fourth-order valence-electron chi connectivity index (χ4n) is 0.996. The second-order valence-corrected chi connectivity index (χ2v) is 3.33. The summed E-state index contributed by atoms with van der Waals surface area (Å²) in [6.07, 6.45) is 3.67. The summed E-state index contributed by atoms with van der Waals surface area (Å²) < 4.78 is 0. The van der Waals surface area contributed by atoms with Gasteiger partial charge in [0.15, 0.2) is 0 Å². The number of hydrogen-bond acceptors (Lipinski definition) is 0. The molecule has 0 aliphatic carbocycles. The van der Waals surface area contributed by atoms with Gasteiger partial charge in [-0.05, 0) is 30.9 Å². The first-order chi connectivity index (χ1) is 5.43. The molecule has 0 bridgehead atoms. The van der Waals surface area contributed by atoms with Crippen LogP contribution in [-0.4, -0.2) is 5.33 Å². The van der Waals surface area contributed by atoms with Crippen molar-refractivity contribution in [3.8, 4) is 0 Å². The van der Waals surface area contributed by atoms with Gasteiger partial charge >= 0.3 is 0 Å². The van der Waals surface area contributed by atoms with Crippen LogP contribution < -0.4 is 0 Å². The number of aryl methyl sites for hydroxylation is 1. The molecule has 0 saturated heterocycles. The van der Waals surface area contributed by atoms with Crippen LogP contribution in [0.2, 0.25) is 0 Å². The Kier molecular flexibility index (Phi) is 4.29. The highest BCUT2D eigenvalue weighted by atomic mass is 79.9. The quantitative estimate of drug-likeness (QED) is 0.531. The predicted molar refractivity (Wildman–Crippen MR) is 52.0 cm³/mol. The Balaban J connectivity index is 2.28. The van der Waals surface area contributed by atoms with Crippen molar-refractivity contribution in [2.45, 2.75) is 19.3 Å². The lowest BCUT2D eigenvalue weighted by atomic mass is 10.1. The first-order valence-corrected chi connectivity index (χ1v) is 5.07. The van der Waals surface area contributed by atoms with Gasteiger partial charge < -0.3 is 0 Å². The van der Waals surface area contributed by atoms with Gasteiger partial charge in [-0.2, -0.15) is 0 Å². The van der Waals surface area contributed by atoms with Crippen molar-refractivity contribution >= 4 is 15.9 Å². The summed E-state index contributed by atoms with van der Waals surface area (Å²) in [5, 5.41) is 1.11. The van der Waals surface area contributed by atoms with E-state index in [0.717, 1.165) is 11.8 Å². The van der Waals surface area contributed by atoms with Crippen molar-refractivity contribution in [3.05, 3.63) is 35.9 Å². The molecular formula is C10H12Br. The number of halogens is 1. The maximum Gasteiger partial charge on any atom is 0.00314 e. The average Bonchev–Trinajstić information content (AvgIpc) is 2.07. The molecule has 0 nitrogen and oxygen atoms in total. The van der Waals surface area contributed by atoms with E-state index >= 15 is 0 Å². The molecule has 0 amide bonds. The number of rotatable bonds is 4. The SMILES string of the molecule is BrCCCCc1[c]cccc1. The Morgan fingerprint density at radius 3 is 2.82 bits per heavy atom. The zero-order valence-electron chi connectivity index (χ0n) is 6.52. The summed E-state index contributed by atoms with van der Waals surface area (Å²) in [6.45, 7) is 0. The van der Waals surface area contributed by atoms with Crippen molar-refractivity contribution in [1.29, 1.82) is 0 Å². The van der Waals surface area contributed by atoms with Crippen LogP contribution in [-0.2, 0) is 6.42 Å². The molecule has 0 unspecified atom stereocenters. The molecule has 59 valence electrons. The molecule has 1 radical (unpaired) electrons. The maximum absolute atomic E-state index is 3.41. The lowest BCUT2D eigenvalue weighted by molar-refractivity contribution is 0.805. The van der Waals surface area contributed by atoms with Gasteiger partial charge in [0.1, 0.15) is 0 Å². The Morgan fingerprint density at radius 1 is 1.27 bits per heavy atom. The largest absolute Gasteiger partial charge is 0.0928 e. The van der Waals surface area contributed by atoms with Crippen molar-refractivity contribution in [1.82, 2.24) is 0 Å². The Bertz CT molecular complexity index is 181. The molecular weight excluding hydrogens is 200 g/mol. The van der Waals surface area contributed by atoms with Crippen LogP contribution in [0.5, 0.6) is 0 Å². The van der Waals surface area contributed by atoms with Gasteiger partial charge in [0, 0.05) is 5.33 Å². The van der Waals surface area contributed by atoms with E-state index in [0.29, 0.717) is 0 Å². The average molecular weight is 212 g/mol. The van der Waals surface area contributed by atoms with E-state index in [4.69, 9.17) is 0 Å². The molecule has 0 atom stereocenters. The molecule has 1 rings (SSSR count). The standard InChI is InChI=1S/C10H12Br/c11-9-5-4-8-10-6-2-1-3-7-10/h1-3,6H,4-5,8-9H2. The fourth-order valence-corrected chi connectivity index (χ4v) is 1.39. The molecule has 0 spiro atoms. The third-order valence-corrected chi connectivity index (χ3v) is 2.16. The molecule has 0 aliphatic heterocycles. The minimum absolute atomic E-state index is 1.11. The van der Waals surface area contributed by atoms with E-state index in [-0.39, 0.29) is 0 Å². The van der Waals surface area contributed by atoms with Gasteiger partial charge in [-0.25, -0.2) is 0 Å². The van der Waals surface area contributed by atoms with Crippen molar-refractivity contribution in [2.75, 3.05) is 5.33 Å². The first kappa shape index (κ1) is 8.79. The van der Waals surface area contributed by atoms with Crippen molar-refractivity contribution in [3.63, 3.8) is 0 Å². The lowest BCUT2D eigenvalue weighted by Crippen LogP contribution is -1.85. The van der Waals surface area contributed by atoms with Crippen LogP contribution in [0.3, 0.4) is 0 Å². The Morgan fingerprint density at radius 2 is 2.18 bits per heavy atom. The normalized spacial score (nSPS) is 9.91. The minimum atomic E-state index is 1.11. The van der Waals surface area contributed by atoms with Crippen molar-refractivity contribution in [2.24, 2.45) is 0 Å². The lowest BCUT2D eigenvalue weighted by Gasteiger charge is -1.97. The van der Waals surface area contributed by atoms with Gasteiger partial charge in [0.2, 0.25) is 0 Å². The van der Waals surface area contributed by atoms with E-state index in [1.807, 2.05) is 12.1 Å². The minimum Gasteiger partial charge on any atom is -0.0928 e. The van der Waals surface area contributed by atoms with E-state index < -0.39 is 0 Å². The third kappa shape index (κ3) is 3.57. The van der Waals surface area contributed by atoms with Gasteiger partial charge in [0.25, 0.3) is 0 Å². The predicted octanol–water partition coefficient (Wildman–Crippen LogP) is 3.20. The van der Waals surface area contributed by atoms with E-state index in [2.05, 4.69) is 34.1 Å². The Hall–Kier alpha value is -0.300. The fraction of sp³-hybridized carbons (Fsp3) is 0.400. The molecule has 0 aromatic heterocycles. The topological polar surface area (TPSA) is 0 Å². The van der Waals surface area contributed by atoms with Crippen LogP contribution in [0.1, 0.15) is 18.4 Å². The summed E-state index contributed by atoms with van der Waals surface area (Å²) in [5.74, 6) is 0. The zero-order chi connectivity index (χ0) is 7.94. The molecule has 0 saturated carbocycles. The Labute approximate surface area is 76.8 Å². The molecule has 0 aliphatic rings. The molecule has 11 heavy (non-hydrogen) atoms. The molecule has 0 N–H and O–H groups in total. The molecule has 1 heteroatoms. The van der Waals surface area contributed by atoms with Crippen LogP contribution in [0.15, 0.2) is 24.3 Å². The second kappa shape index (κ2) is 5.36. The number of alkyl halides is 1. The van der Waals surface area contributed by atoms with E-state index in [9.17, 15) is 0 Å². The molecule has 1 aromatic carbocycles. The molecule has 0 heterocycles. The third-order valence-electron chi connectivity index (χ3n) is 1.60. The van der Waals surface area contributed by atoms with Crippen LogP contribution in [0.4, 0.5) is 0 Å². The van der Waals surface area contributed by atoms with Gasteiger partial charge in [0.05, 0.1) is 0 Å². The van der Waals surface area contributed by atoms with Gasteiger partial charge in [-0.1, -0.05) is 40.2 Å². The summed E-state index contributed by atoms with van der Waals surface area (Å²) >= 11 is 3.41. The van der Waals surface area contributed by atoms with Crippen LogP contribution in [0, 0.1) is 6.07 Å². The number of unbranched alkanes of at least 4 members (excludes halogenated alkanes) is 1. The highest BCUT2D eigenvalue weighted by molar-refractivity contribution is 9.09. The van der Waals surface area contributed by atoms with Crippen LogP contribution in [0.25, 0.3) is 0 Å². The summed E-state index contributed by atoms with van der Waals surface area (Å²) in [5.41, 5.74) is 1.33. The summed E-state index contributed by atoms with van der Waals surface area (Å²) in [4.78, 5) is 0. The van der Waals surface area contributed by atoms with Crippen molar-refractivity contribution < 1.29 is 0 Å². The maximum atomic E-state index is 3.41. The van der Waals surface area contributed by atoms with Gasteiger partial charge in [-0.3, -0.25) is 0 Å². The highest BCUT2D eigenvalue weighted by Gasteiger charge is 1.90. The van der Waals surface area contributed by atoms with E-state index in [1.165, 1.54) is 18.4 Å². The highest BCUT2D eigenvalue weighted by Crippen LogP contribution is 2.04. The monoisotopic (exact) mass is 211 g/mol. The van der Waals surface area contributed by atoms with E-state index in [1.54, 1.807) is 0 Å². The number of hydrogen-bond donors (Lipinski definition) is 0. The zero-order valence-corrected chi connectivity index (χ0v) is 8.10. The number of benzene rings is 1. The molecule has 0 fully saturated rings. The summed E-state index contributed by atoms with van der Waals surface area (Å²) in [6, 6.07) is 11.4. The summed E-state index contributed by atoms with van der Waals surface area (Å²) in [7, 11) is 0. The molecule has 1 aromatic rings. The smallest absolute Gasteiger partial charge is 0.00314 e. The second-order valence-electron chi connectivity index (χ2n) is 2.53.